The third-order valence-electron chi connectivity index (χ3n) is 3.56. The highest BCUT2D eigenvalue weighted by atomic mass is 32.1. The van der Waals surface area contributed by atoms with Gasteiger partial charge in [0.2, 0.25) is 0 Å². The topological polar surface area (TPSA) is 94.4 Å². The molecule has 0 bridgehead atoms. The Balaban J connectivity index is 1.70. The summed E-state index contributed by atoms with van der Waals surface area (Å²) < 4.78 is 5.38. The Labute approximate surface area is 159 Å². The zero-order valence-electron chi connectivity index (χ0n) is 14.1. The summed E-state index contributed by atoms with van der Waals surface area (Å²) in [6.07, 6.45) is 1.64. The van der Waals surface area contributed by atoms with Crippen LogP contribution in [0.25, 0.3) is 11.3 Å². The Kier molecular flexibility index (Phi) is 5.58. The summed E-state index contributed by atoms with van der Waals surface area (Å²) in [4.78, 5) is 27.1. The first-order valence-corrected chi connectivity index (χ1v) is 8.80. The highest BCUT2D eigenvalue weighted by Gasteiger charge is 2.12. The van der Waals surface area contributed by atoms with E-state index in [1.807, 2.05) is 0 Å². The molecule has 0 saturated heterocycles. The SMILES string of the molecule is C=CCOc1ccc(C(=O)Nc2nc(-c3cccc([N+](=O)[O-])c3)cs2)cc1. The van der Waals surface area contributed by atoms with Crippen LogP contribution in [0.15, 0.2) is 66.6 Å². The molecule has 0 unspecified atom stereocenters. The van der Waals surface area contributed by atoms with Gasteiger partial charge in [0.15, 0.2) is 5.13 Å². The van der Waals surface area contributed by atoms with Crippen molar-refractivity contribution >= 4 is 28.1 Å². The van der Waals surface area contributed by atoms with Crippen LogP contribution in [0.4, 0.5) is 10.8 Å². The minimum Gasteiger partial charge on any atom is -0.490 e. The number of ether oxygens (including phenoxy) is 1. The molecule has 0 radical (unpaired) electrons. The van der Waals surface area contributed by atoms with E-state index in [9.17, 15) is 14.9 Å². The summed E-state index contributed by atoms with van der Waals surface area (Å²) in [5, 5.41) is 15.8. The number of amides is 1. The van der Waals surface area contributed by atoms with E-state index < -0.39 is 4.92 Å². The minimum absolute atomic E-state index is 0.00940. The molecule has 0 saturated carbocycles. The lowest BCUT2D eigenvalue weighted by molar-refractivity contribution is -0.384. The molecule has 136 valence electrons. The second-order valence-electron chi connectivity index (χ2n) is 5.42. The van der Waals surface area contributed by atoms with E-state index in [1.165, 1.54) is 23.5 Å². The first-order chi connectivity index (χ1) is 13.1. The third-order valence-corrected chi connectivity index (χ3v) is 4.32. The fourth-order valence-electron chi connectivity index (χ4n) is 2.27. The van der Waals surface area contributed by atoms with Crippen molar-refractivity contribution in [3.05, 3.63) is 82.2 Å². The number of benzene rings is 2. The van der Waals surface area contributed by atoms with Gasteiger partial charge in [0.05, 0.1) is 10.6 Å². The highest BCUT2D eigenvalue weighted by molar-refractivity contribution is 7.14. The van der Waals surface area contributed by atoms with Gasteiger partial charge in [-0.05, 0) is 24.3 Å². The van der Waals surface area contributed by atoms with Gasteiger partial charge in [0.25, 0.3) is 11.6 Å². The van der Waals surface area contributed by atoms with Crippen LogP contribution >= 0.6 is 11.3 Å². The molecule has 7 nitrogen and oxygen atoms in total. The maximum Gasteiger partial charge on any atom is 0.270 e. The van der Waals surface area contributed by atoms with Crippen LogP contribution in [0, 0.1) is 10.1 Å². The Morgan fingerprint density at radius 1 is 1.30 bits per heavy atom. The van der Waals surface area contributed by atoms with Crippen molar-refractivity contribution in [2.45, 2.75) is 0 Å². The van der Waals surface area contributed by atoms with Crippen molar-refractivity contribution in [3.8, 4) is 17.0 Å². The first kappa shape index (κ1) is 18.3. The van der Waals surface area contributed by atoms with E-state index in [-0.39, 0.29) is 11.6 Å². The fraction of sp³-hybridized carbons (Fsp3) is 0.0526. The van der Waals surface area contributed by atoms with Crippen LogP contribution < -0.4 is 10.1 Å². The predicted molar refractivity (Wildman–Crippen MR) is 104 cm³/mol. The fourth-order valence-corrected chi connectivity index (χ4v) is 2.98. The van der Waals surface area contributed by atoms with Crippen LogP contribution in [-0.2, 0) is 0 Å². The molecule has 1 aromatic heterocycles. The maximum atomic E-state index is 12.3. The number of nitrogens with zero attached hydrogens (tertiary/aromatic N) is 2. The van der Waals surface area contributed by atoms with Gasteiger partial charge in [-0.2, -0.15) is 0 Å². The second-order valence-corrected chi connectivity index (χ2v) is 6.28. The number of nitro benzene ring substituents is 1. The van der Waals surface area contributed by atoms with E-state index in [2.05, 4.69) is 16.9 Å². The summed E-state index contributed by atoms with van der Waals surface area (Å²) in [5.41, 5.74) is 1.63. The molecule has 3 rings (SSSR count). The molecule has 8 heteroatoms. The van der Waals surface area contributed by atoms with Gasteiger partial charge in [-0.15, -0.1) is 11.3 Å². The molecule has 0 aliphatic heterocycles. The predicted octanol–water partition coefficient (Wildman–Crippen LogP) is 4.54. The second kappa shape index (κ2) is 8.24. The van der Waals surface area contributed by atoms with E-state index in [4.69, 9.17) is 4.74 Å². The van der Waals surface area contributed by atoms with Gasteiger partial charge >= 0.3 is 0 Å². The van der Waals surface area contributed by atoms with Crippen LogP contribution in [0.5, 0.6) is 5.75 Å². The molecule has 3 aromatic rings. The number of thiazole rings is 1. The molecule has 1 heterocycles. The molecule has 27 heavy (non-hydrogen) atoms. The van der Waals surface area contributed by atoms with Crippen molar-refractivity contribution in [2.75, 3.05) is 11.9 Å². The van der Waals surface area contributed by atoms with E-state index in [0.29, 0.717) is 34.3 Å². The smallest absolute Gasteiger partial charge is 0.270 e. The molecule has 2 aromatic carbocycles. The van der Waals surface area contributed by atoms with Crippen molar-refractivity contribution in [2.24, 2.45) is 0 Å². The number of carbonyl (C=O) groups is 1. The molecular formula is C19H15N3O4S. The number of aromatic nitrogens is 1. The number of rotatable bonds is 7. The van der Waals surface area contributed by atoms with Crippen molar-refractivity contribution in [1.82, 2.24) is 4.98 Å². The lowest BCUT2D eigenvalue weighted by Gasteiger charge is -2.05. The molecule has 0 spiro atoms. The zero-order valence-corrected chi connectivity index (χ0v) is 14.9. The summed E-state index contributed by atoms with van der Waals surface area (Å²) in [6.45, 7) is 3.97. The summed E-state index contributed by atoms with van der Waals surface area (Å²) in [6, 6.07) is 12.9. The molecule has 0 aliphatic carbocycles. The van der Waals surface area contributed by atoms with Gasteiger partial charge in [-0.25, -0.2) is 4.98 Å². The zero-order chi connectivity index (χ0) is 19.2. The number of hydrogen-bond acceptors (Lipinski definition) is 6. The van der Waals surface area contributed by atoms with Gasteiger partial charge in [-0.1, -0.05) is 24.8 Å². The number of anilines is 1. The highest BCUT2D eigenvalue weighted by Crippen LogP contribution is 2.27. The number of carbonyl (C=O) groups excluding carboxylic acids is 1. The van der Waals surface area contributed by atoms with Gasteiger partial charge in [0, 0.05) is 28.6 Å². The largest absolute Gasteiger partial charge is 0.490 e. The summed E-state index contributed by atoms with van der Waals surface area (Å²) in [7, 11) is 0. The molecule has 0 atom stereocenters. The Morgan fingerprint density at radius 3 is 2.78 bits per heavy atom. The lowest BCUT2D eigenvalue weighted by Crippen LogP contribution is -2.11. The van der Waals surface area contributed by atoms with Crippen molar-refractivity contribution in [1.29, 1.82) is 0 Å². The van der Waals surface area contributed by atoms with Gasteiger partial charge < -0.3 is 4.74 Å². The number of nitrogens with one attached hydrogen (secondary N) is 1. The Hall–Kier alpha value is -3.52. The Bertz CT molecular complexity index is 983. The first-order valence-electron chi connectivity index (χ1n) is 7.92. The number of nitro groups is 1. The standard InChI is InChI=1S/C19H15N3O4S/c1-2-10-26-16-8-6-13(7-9-16)18(23)21-19-20-17(12-27-19)14-4-3-5-15(11-14)22(24)25/h2-9,11-12H,1,10H2,(H,20,21,23). The maximum absolute atomic E-state index is 12.3. The molecule has 1 amide bonds. The van der Waals surface area contributed by atoms with Crippen molar-refractivity contribution < 1.29 is 14.5 Å². The van der Waals surface area contributed by atoms with Gasteiger partial charge in [0.1, 0.15) is 12.4 Å². The van der Waals surface area contributed by atoms with Crippen LogP contribution in [0.3, 0.4) is 0 Å². The quantitative estimate of drug-likeness (QED) is 0.368. The molecule has 1 N–H and O–H groups in total. The molecule has 0 aliphatic rings. The number of non-ortho nitro benzene ring substituents is 1. The molecular weight excluding hydrogens is 366 g/mol. The van der Waals surface area contributed by atoms with E-state index in [0.717, 1.165) is 0 Å². The average Bonchev–Trinajstić information content (AvgIpc) is 3.15. The normalized spacial score (nSPS) is 10.2. The van der Waals surface area contributed by atoms with Crippen molar-refractivity contribution in [3.63, 3.8) is 0 Å². The van der Waals surface area contributed by atoms with E-state index in [1.54, 1.807) is 47.9 Å². The lowest BCUT2D eigenvalue weighted by atomic mass is 10.1. The third kappa shape index (κ3) is 4.56. The minimum atomic E-state index is -0.457. The van der Waals surface area contributed by atoms with Gasteiger partial charge in [-0.3, -0.25) is 20.2 Å². The molecule has 0 fully saturated rings. The Morgan fingerprint density at radius 2 is 2.07 bits per heavy atom. The van der Waals surface area contributed by atoms with Crippen LogP contribution in [0.1, 0.15) is 10.4 Å². The average molecular weight is 381 g/mol. The van der Waals surface area contributed by atoms with Crippen LogP contribution in [-0.4, -0.2) is 22.4 Å². The summed E-state index contributed by atoms with van der Waals surface area (Å²) >= 11 is 1.25. The summed E-state index contributed by atoms with van der Waals surface area (Å²) in [5.74, 6) is 0.346. The van der Waals surface area contributed by atoms with Crippen LogP contribution in [0.2, 0.25) is 0 Å². The monoisotopic (exact) mass is 381 g/mol. The van der Waals surface area contributed by atoms with E-state index >= 15 is 0 Å². The number of hydrogen-bond donors (Lipinski definition) is 1.